The van der Waals surface area contributed by atoms with E-state index in [4.69, 9.17) is 9.47 Å². The van der Waals surface area contributed by atoms with E-state index in [-0.39, 0.29) is 11.9 Å². The molecule has 2 aromatic heterocycles. The average Bonchev–Trinajstić information content (AvgIpc) is 3.32. The number of hydrogen-bond donors (Lipinski definition) is 0. The standard InChI is InChI=1S/C20H20FN3O2S/c21-15-3-5-17(6-4-15)25-13-20-23-16(14-27-20)11-24-9-7-19(12-24)26-18-2-1-8-22-10-18/h1-6,8,10,14,19H,7,9,11-13H2. The van der Waals surface area contributed by atoms with Gasteiger partial charge in [-0.05, 0) is 42.8 Å². The van der Waals surface area contributed by atoms with Gasteiger partial charge in [-0.1, -0.05) is 0 Å². The van der Waals surface area contributed by atoms with E-state index >= 15 is 0 Å². The van der Waals surface area contributed by atoms with Crippen molar-refractivity contribution < 1.29 is 13.9 Å². The third-order valence-electron chi connectivity index (χ3n) is 4.33. The summed E-state index contributed by atoms with van der Waals surface area (Å²) in [6.07, 6.45) is 4.68. The molecule has 1 saturated heterocycles. The Morgan fingerprint density at radius 2 is 2.07 bits per heavy atom. The van der Waals surface area contributed by atoms with Gasteiger partial charge < -0.3 is 9.47 Å². The molecule has 5 nitrogen and oxygen atoms in total. The topological polar surface area (TPSA) is 47.5 Å². The second kappa shape index (κ2) is 8.45. The minimum atomic E-state index is -0.268. The average molecular weight is 385 g/mol. The third kappa shape index (κ3) is 5.02. The second-order valence-electron chi connectivity index (χ2n) is 6.43. The lowest BCUT2D eigenvalue weighted by Crippen LogP contribution is -2.24. The summed E-state index contributed by atoms with van der Waals surface area (Å²) in [5.74, 6) is 1.19. The molecule has 7 heteroatoms. The predicted molar refractivity (Wildman–Crippen MR) is 101 cm³/mol. The highest BCUT2D eigenvalue weighted by Gasteiger charge is 2.24. The van der Waals surface area contributed by atoms with Crippen molar-refractivity contribution in [1.29, 1.82) is 0 Å². The van der Waals surface area contributed by atoms with Crippen molar-refractivity contribution in [2.45, 2.75) is 25.7 Å². The lowest BCUT2D eigenvalue weighted by molar-refractivity contribution is 0.197. The van der Waals surface area contributed by atoms with Gasteiger partial charge in [0.15, 0.2) is 0 Å². The molecule has 0 N–H and O–H groups in total. The van der Waals surface area contributed by atoms with Crippen LogP contribution in [-0.2, 0) is 13.2 Å². The van der Waals surface area contributed by atoms with Crippen LogP contribution in [0.15, 0.2) is 54.2 Å². The van der Waals surface area contributed by atoms with Gasteiger partial charge in [-0.3, -0.25) is 9.88 Å². The van der Waals surface area contributed by atoms with Gasteiger partial charge >= 0.3 is 0 Å². The molecule has 1 atom stereocenters. The van der Waals surface area contributed by atoms with Gasteiger partial charge in [0, 0.05) is 31.2 Å². The van der Waals surface area contributed by atoms with Crippen LogP contribution in [0.25, 0.3) is 0 Å². The van der Waals surface area contributed by atoms with E-state index in [0.717, 1.165) is 42.5 Å². The molecule has 3 aromatic rings. The van der Waals surface area contributed by atoms with Gasteiger partial charge in [0.25, 0.3) is 0 Å². The lowest BCUT2D eigenvalue weighted by atomic mass is 10.3. The fourth-order valence-corrected chi connectivity index (χ4v) is 3.74. The van der Waals surface area contributed by atoms with E-state index in [2.05, 4.69) is 20.2 Å². The zero-order valence-corrected chi connectivity index (χ0v) is 15.6. The minimum Gasteiger partial charge on any atom is -0.487 e. The van der Waals surface area contributed by atoms with Crippen LogP contribution >= 0.6 is 11.3 Å². The van der Waals surface area contributed by atoms with Crippen LogP contribution < -0.4 is 9.47 Å². The molecule has 0 saturated carbocycles. The first-order valence-electron chi connectivity index (χ1n) is 8.85. The van der Waals surface area contributed by atoms with E-state index < -0.39 is 0 Å². The normalized spacial score (nSPS) is 17.1. The number of ether oxygens (including phenoxy) is 2. The maximum Gasteiger partial charge on any atom is 0.140 e. The molecule has 0 radical (unpaired) electrons. The Kier molecular flexibility index (Phi) is 5.60. The number of likely N-dealkylation sites (tertiary alicyclic amines) is 1. The van der Waals surface area contributed by atoms with E-state index in [0.29, 0.717) is 12.4 Å². The number of aromatic nitrogens is 2. The Bertz CT molecular complexity index is 857. The van der Waals surface area contributed by atoms with Crippen LogP contribution in [0.1, 0.15) is 17.1 Å². The van der Waals surface area contributed by atoms with Crippen LogP contribution in [0.5, 0.6) is 11.5 Å². The first-order chi connectivity index (χ1) is 13.2. The zero-order valence-electron chi connectivity index (χ0n) is 14.8. The monoisotopic (exact) mass is 385 g/mol. The Morgan fingerprint density at radius 1 is 1.19 bits per heavy atom. The van der Waals surface area contributed by atoms with Gasteiger partial charge in [0.2, 0.25) is 0 Å². The summed E-state index contributed by atoms with van der Waals surface area (Å²) in [6.45, 7) is 3.07. The molecule has 140 valence electrons. The van der Waals surface area contributed by atoms with Crippen molar-refractivity contribution in [3.05, 3.63) is 70.7 Å². The Hall–Kier alpha value is -2.51. The SMILES string of the molecule is Fc1ccc(OCc2nc(CN3CCC(Oc4cccnc4)C3)cs2)cc1. The van der Waals surface area contributed by atoms with E-state index in [9.17, 15) is 4.39 Å². The molecule has 0 spiro atoms. The predicted octanol–water partition coefficient (Wildman–Crippen LogP) is 3.91. The summed E-state index contributed by atoms with van der Waals surface area (Å²) in [4.78, 5) is 11.1. The molecule has 1 aromatic carbocycles. The molecule has 4 rings (SSSR count). The number of pyridine rings is 1. The van der Waals surface area contributed by atoms with Crippen LogP contribution in [0.2, 0.25) is 0 Å². The van der Waals surface area contributed by atoms with Crippen LogP contribution in [0.3, 0.4) is 0 Å². The first kappa shape index (κ1) is 17.9. The third-order valence-corrected chi connectivity index (χ3v) is 5.20. The summed E-state index contributed by atoms with van der Waals surface area (Å²) >= 11 is 1.58. The van der Waals surface area contributed by atoms with Crippen molar-refractivity contribution in [2.24, 2.45) is 0 Å². The molecular weight excluding hydrogens is 365 g/mol. The van der Waals surface area contributed by atoms with E-state index in [1.807, 2.05) is 12.1 Å². The highest BCUT2D eigenvalue weighted by atomic mass is 32.1. The van der Waals surface area contributed by atoms with Crippen molar-refractivity contribution in [2.75, 3.05) is 13.1 Å². The van der Waals surface area contributed by atoms with Gasteiger partial charge in [0.05, 0.1) is 11.9 Å². The van der Waals surface area contributed by atoms with Gasteiger partial charge in [-0.2, -0.15) is 0 Å². The Labute approximate surface area is 161 Å². The summed E-state index contributed by atoms with van der Waals surface area (Å²) in [5.41, 5.74) is 1.04. The lowest BCUT2D eigenvalue weighted by Gasteiger charge is -2.15. The second-order valence-corrected chi connectivity index (χ2v) is 7.37. The summed E-state index contributed by atoms with van der Waals surface area (Å²) < 4.78 is 24.5. The smallest absolute Gasteiger partial charge is 0.140 e. The van der Waals surface area contributed by atoms with Crippen LogP contribution in [-0.4, -0.2) is 34.1 Å². The summed E-state index contributed by atoms with van der Waals surface area (Å²) in [5, 5.41) is 2.98. The number of benzene rings is 1. The zero-order chi connectivity index (χ0) is 18.5. The highest BCUT2D eigenvalue weighted by molar-refractivity contribution is 7.09. The number of hydrogen-bond acceptors (Lipinski definition) is 6. The largest absolute Gasteiger partial charge is 0.487 e. The quantitative estimate of drug-likeness (QED) is 0.617. The minimum absolute atomic E-state index is 0.189. The van der Waals surface area contributed by atoms with Gasteiger partial charge in [-0.15, -0.1) is 11.3 Å². The summed E-state index contributed by atoms with van der Waals surface area (Å²) in [6, 6.07) is 9.84. The molecular formula is C20H20FN3O2S. The van der Waals surface area contributed by atoms with Crippen molar-refractivity contribution >= 4 is 11.3 Å². The molecule has 0 amide bonds. The van der Waals surface area contributed by atoms with Gasteiger partial charge in [0.1, 0.15) is 35.0 Å². The van der Waals surface area contributed by atoms with Crippen LogP contribution in [0.4, 0.5) is 4.39 Å². The number of nitrogens with zero attached hydrogens (tertiary/aromatic N) is 3. The first-order valence-corrected chi connectivity index (χ1v) is 9.73. The molecule has 1 aliphatic heterocycles. The van der Waals surface area contributed by atoms with Crippen molar-refractivity contribution in [1.82, 2.24) is 14.9 Å². The maximum absolute atomic E-state index is 12.9. The molecule has 0 bridgehead atoms. The van der Waals surface area contributed by atoms with Crippen molar-refractivity contribution in [3.8, 4) is 11.5 Å². The highest BCUT2D eigenvalue weighted by Crippen LogP contribution is 2.21. The van der Waals surface area contributed by atoms with Gasteiger partial charge in [-0.25, -0.2) is 9.37 Å². The van der Waals surface area contributed by atoms with Crippen molar-refractivity contribution in [3.63, 3.8) is 0 Å². The fourth-order valence-electron chi connectivity index (χ4n) is 3.04. The number of halogens is 1. The number of rotatable bonds is 7. The fraction of sp³-hybridized carbons (Fsp3) is 0.300. The molecule has 27 heavy (non-hydrogen) atoms. The molecule has 1 fully saturated rings. The summed E-state index contributed by atoms with van der Waals surface area (Å²) in [7, 11) is 0. The molecule has 3 heterocycles. The van der Waals surface area contributed by atoms with E-state index in [1.54, 1.807) is 35.9 Å². The maximum atomic E-state index is 12.9. The van der Waals surface area contributed by atoms with E-state index in [1.165, 1.54) is 12.1 Å². The molecule has 0 aliphatic carbocycles. The molecule has 1 aliphatic rings. The molecule has 1 unspecified atom stereocenters. The van der Waals surface area contributed by atoms with Crippen LogP contribution in [0, 0.1) is 5.82 Å². The Balaban J connectivity index is 1.25. The Morgan fingerprint density at radius 3 is 2.89 bits per heavy atom. The number of thiazole rings is 1.